The average Bonchev–Trinajstić information content (AvgIpc) is 3.21. The standard InChI is InChI=1S/C45H87O12P/c1-3-5-7-9-11-13-15-16-17-18-19-20-21-22-23-25-27-29-31-33-35-54-36-38(56-39(46)34-32-30-28-26-24-14-12-10-8-6-4-2)37-55-58(52,53)57-45-43(50)41(48)40(47)42(49)44(45)51/h10,12,38,40-45,47-51H,3-9,11,13-37H2,1-2H3,(H,52,53)/b12-10-. The maximum absolute atomic E-state index is 12.8. The first-order chi connectivity index (χ1) is 28.0. The Balaban J connectivity index is 2.33. The molecule has 0 aliphatic heterocycles. The van der Waals surface area contributed by atoms with E-state index in [0.717, 1.165) is 57.8 Å². The number of carbonyl (C=O) groups excluding carboxylic acids is 1. The molecule has 12 nitrogen and oxygen atoms in total. The minimum absolute atomic E-state index is 0.0745. The molecule has 1 aliphatic carbocycles. The van der Waals surface area contributed by atoms with Crippen LogP contribution >= 0.6 is 7.82 Å². The summed E-state index contributed by atoms with van der Waals surface area (Å²) in [6.07, 6.45) is 27.2. The Hall–Kier alpha value is -0.920. The summed E-state index contributed by atoms with van der Waals surface area (Å²) in [6.45, 7) is 4.23. The van der Waals surface area contributed by atoms with Crippen molar-refractivity contribution in [2.75, 3.05) is 19.8 Å². The van der Waals surface area contributed by atoms with Gasteiger partial charge >= 0.3 is 13.8 Å². The first-order valence-corrected chi connectivity index (χ1v) is 25.0. The van der Waals surface area contributed by atoms with Crippen LogP contribution in [0.2, 0.25) is 0 Å². The van der Waals surface area contributed by atoms with E-state index >= 15 is 0 Å². The SMILES string of the molecule is CCCC/C=C\CCCCCCCC(=O)OC(COCCCCCCCCCCCCCCCCCCCCCC)COP(=O)(O)OC1C(O)C(O)C(O)C(O)C1O. The predicted octanol–water partition coefficient (Wildman–Crippen LogP) is 9.53. The molecule has 0 saturated heterocycles. The van der Waals surface area contributed by atoms with E-state index in [0.29, 0.717) is 13.0 Å². The van der Waals surface area contributed by atoms with Crippen molar-refractivity contribution < 1.29 is 58.3 Å². The number of unbranched alkanes of at least 4 members (excludes halogenated alkanes) is 26. The zero-order valence-electron chi connectivity index (χ0n) is 36.6. The zero-order valence-corrected chi connectivity index (χ0v) is 37.5. The van der Waals surface area contributed by atoms with E-state index < -0.39 is 63.1 Å². The Morgan fingerprint density at radius 2 is 0.931 bits per heavy atom. The van der Waals surface area contributed by atoms with Crippen molar-refractivity contribution in [2.24, 2.45) is 0 Å². The fraction of sp³-hybridized carbons (Fsp3) is 0.933. The third-order valence-corrected chi connectivity index (χ3v) is 12.1. The van der Waals surface area contributed by atoms with E-state index in [4.69, 9.17) is 18.5 Å². The molecule has 0 amide bonds. The van der Waals surface area contributed by atoms with E-state index in [1.54, 1.807) is 0 Å². The Morgan fingerprint density at radius 1 is 0.534 bits per heavy atom. The third-order valence-electron chi connectivity index (χ3n) is 11.1. The molecule has 344 valence electrons. The van der Waals surface area contributed by atoms with Crippen LogP contribution in [0.3, 0.4) is 0 Å². The van der Waals surface area contributed by atoms with Gasteiger partial charge in [-0.3, -0.25) is 13.8 Å². The number of ether oxygens (including phenoxy) is 2. The van der Waals surface area contributed by atoms with Crippen LogP contribution in [0.1, 0.15) is 206 Å². The van der Waals surface area contributed by atoms with Gasteiger partial charge in [-0.05, 0) is 32.1 Å². The second-order valence-electron chi connectivity index (χ2n) is 16.6. The molecule has 6 unspecified atom stereocenters. The topological polar surface area (TPSA) is 192 Å². The fourth-order valence-corrected chi connectivity index (χ4v) is 8.31. The van der Waals surface area contributed by atoms with E-state index in [-0.39, 0.29) is 13.0 Å². The molecule has 6 N–H and O–H groups in total. The van der Waals surface area contributed by atoms with Crippen LogP contribution in [-0.4, -0.2) is 98.9 Å². The second-order valence-corrected chi connectivity index (χ2v) is 18.0. The molecule has 0 aromatic heterocycles. The summed E-state index contributed by atoms with van der Waals surface area (Å²) in [5.41, 5.74) is 0. The van der Waals surface area contributed by atoms with Crippen molar-refractivity contribution in [3.8, 4) is 0 Å². The average molecular weight is 851 g/mol. The maximum atomic E-state index is 12.8. The molecule has 0 heterocycles. The molecule has 1 saturated carbocycles. The van der Waals surface area contributed by atoms with Gasteiger partial charge in [0.15, 0.2) is 0 Å². The minimum Gasteiger partial charge on any atom is -0.457 e. The third kappa shape index (κ3) is 28.6. The highest BCUT2D eigenvalue weighted by molar-refractivity contribution is 7.47. The highest BCUT2D eigenvalue weighted by Gasteiger charge is 2.51. The van der Waals surface area contributed by atoms with Crippen molar-refractivity contribution in [3.05, 3.63) is 12.2 Å². The van der Waals surface area contributed by atoms with Gasteiger partial charge in [-0.15, -0.1) is 0 Å². The largest absolute Gasteiger partial charge is 0.472 e. The molecule has 0 aromatic rings. The second kappa shape index (κ2) is 36.7. The fourth-order valence-electron chi connectivity index (χ4n) is 7.34. The zero-order chi connectivity index (χ0) is 42.7. The highest BCUT2D eigenvalue weighted by atomic mass is 31.2. The maximum Gasteiger partial charge on any atom is 0.472 e. The van der Waals surface area contributed by atoms with Gasteiger partial charge < -0.3 is 39.9 Å². The van der Waals surface area contributed by atoms with Gasteiger partial charge in [0.05, 0.1) is 13.2 Å². The lowest BCUT2D eigenvalue weighted by Gasteiger charge is -2.41. The molecule has 1 aliphatic rings. The number of phosphoric ester groups is 1. The Bertz CT molecular complexity index is 1020. The van der Waals surface area contributed by atoms with Gasteiger partial charge in [-0.2, -0.15) is 0 Å². The first-order valence-electron chi connectivity index (χ1n) is 23.5. The van der Waals surface area contributed by atoms with Crippen LogP contribution in [0.15, 0.2) is 12.2 Å². The number of carbonyl (C=O) groups is 1. The molecule has 1 rings (SSSR count). The van der Waals surface area contributed by atoms with Crippen molar-refractivity contribution in [1.82, 2.24) is 0 Å². The highest BCUT2D eigenvalue weighted by Crippen LogP contribution is 2.47. The molecule has 0 bridgehead atoms. The smallest absolute Gasteiger partial charge is 0.457 e. The number of phosphoric acid groups is 1. The summed E-state index contributed by atoms with van der Waals surface area (Å²) >= 11 is 0. The van der Waals surface area contributed by atoms with Crippen molar-refractivity contribution >= 4 is 13.8 Å². The summed E-state index contributed by atoms with van der Waals surface area (Å²) in [5, 5.41) is 50.1. The van der Waals surface area contributed by atoms with E-state index in [1.807, 2.05) is 0 Å². The van der Waals surface area contributed by atoms with Crippen LogP contribution in [0.25, 0.3) is 0 Å². The van der Waals surface area contributed by atoms with Crippen LogP contribution in [0, 0.1) is 0 Å². The van der Waals surface area contributed by atoms with Gasteiger partial charge in [-0.1, -0.05) is 180 Å². The molecule has 0 aromatic carbocycles. The Morgan fingerprint density at radius 3 is 1.41 bits per heavy atom. The Kier molecular flexibility index (Phi) is 34.9. The lowest BCUT2D eigenvalue weighted by Crippen LogP contribution is -2.64. The van der Waals surface area contributed by atoms with Gasteiger partial charge in [0.1, 0.15) is 42.7 Å². The van der Waals surface area contributed by atoms with Crippen molar-refractivity contribution in [2.45, 2.75) is 249 Å². The van der Waals surface area contributed by atoms with Crippen LogP contribution in [0.5, 0.6) is 0 Å². The molecule has 0 radical (unpaired) electrons. The Labute approximate surface area is 352 Å². The summed E-state index contributed by atoms with van der Waals surface area (Å²) in [4.78, 5) is 23.1. The molecule has 1 fully saturated rings. The van der Waals surface area contributed by atoms with Gasteiger partial charge in [0.2, 0.25) is 0 Å². The van der Waals surface area contributed by atoms with E-state index in [2.05, 4.69) is 26.0 Å². The van der Waals surface area contributed by atoms with Crippen LogP contribution in [0.4, 0.5) is 0 Å². The molecular weight excluding hydrogens is 763 g/mol. The number of hydrogen-bond acceptors (Lipinski definition) is 11. The van der Waals surface area contributed by atoms with Crippen molar-refractivity contribution in [1.29, 1.82) is 0 Å². The number of esters is 1. The lowest BCUT2D eigenvalue weighted by atomic mass is 9.85. The number of allylic oxidation sites excluding steroid dienone is 2. The van der Waals surface area contributed by atoms with E-state index in [1.165, 1.54) is 122 Å². The quantitative estimate of drug-likeness (QED) is 0.0148. The summed E-state index contributed by atoms with van der Waals surface area (Å²) < 4.78 is 34.1. The van der Waals surface area contributed by atoms with E-state index in [9.17, 15) is 39.8 Å². The minimum atomic E-state index is -5.01. The summed E-state index contributed by atoms with van der Waals surface area (Å²) in [6, 6.07) is 0. The molecular formula is C45H87O12P. The lowest BCUT2D eigenvalue weighted by molar-refractivity contribution is -0.220. The first kappa shape index (κ1) is 55.1. The van der Waals surface area contributed by atoms with Crippen LogP contribution in [-0.2, 0) is 27.9 Å². The summed E-state index contributed by atoms with van der Waals surface area (Å²) in [5.74, 6) is -0.484. The summed E-state index contributed by atoms with van der Waals surface area (Å²) in [7, 11) is -5.01. The number of rotatable bonds is 40. The van der Waals surface area contributed by atoms with Gasteiger partial charge in [0.25, 0.3) is 0 Å². The predicted molar refractivity (Wildman–Crippen MR) is 230 cm³/mol. The molecule has 0 spiro atoms. The monoisotopic (exact) mass is 851 g/mol. The van der Waals surface area contributed by atoms with Gasteiger partial charge in [0, 0.05) is 13.0 Å². The van der Waals surface area contributed by atoms with Crippen molar-refractivity contribution in [3.63, 3.8) is 0 Å². The number of aliphatic hydroxyl groups is 5. The normalized spacial score (nSPS) is 22.7. The number of hydrogen-bond donors (Lipinski definition) is 6. The van der Waals surface area contributed by atoms with Gasteiger partial charge in [-0.25, -0.2) is 4.57 Å². The number of aliphatic hydroxyl groups excluding tert-OH is 5. The van der Waals surface area contributed by atoms with Crippen LogP contribution < -0.4 is 0 Å². The molecule has 58 heavy (non-hydrogen) atoms. The molecule has 6 atom stereocenters. The molecule has 13 heteroatoms.